The number of benzene rings is 5. The largest absolute Gasteiger partial charge is 0.287 e. The van der Waals surface area contributed by atoms with Gasteiger partial charge in [0.15, 0.2) is 82.2 Å². The molecule has 0 aliphatic rings. The summed E-state index contributed by atoms with van der Waals surface area (Å²) >= 11 is 0. The predicted octanol–water partition coefficient (Wildman–Crippen LogP) is 7.91. The zero-order valence-electron chi connectivity index (χ0n) is 30.3. The lowest BCUT2D eigenvalue weighted by molar-refractivity contribution is -0.684. The molecular weight excluding hydrogens is 921 g/mol. The van der Waals surface area contributed by atoms with E-state index in [4.69, 9.17) is 5.53 Å². The van der Waals surface area contributed by atoms with Gasteiger partial charge in [0.05, 0.1) is 12.7 Å². The van der Waals surface area contributed by atoms with Crippen LogP contribution in [0.4, 0.5) is 87.8 Å². The molecule has 334 valence electrons. The van der Waals surface area contributed by atoms with Gasteiger partial charge >= 0.3 is 0 Å². The number of azide groups is 1. The fraction of sp³-hybridized carbons (Fsp3) is 0.0541. The Bertz CT molecular complexity index is 2550. The van der Waals surface area contributed by atoms with Crippen LogP contribution in [0.5, 0.6) is 0 Å². The highest BCUT2D eigenvalue weighted by Crippen LogP contribution is 2.30. The monoisotopic (exact) mass is 933 g/mol. The Balaban J connectivity index is 0.000000337. The third-order valence-electron chi connectivity index (χ3n) is 9.24. The molecule has 0 aliphatic heterocycles. The van der Waals surface area contributed by atoms with Crippen LogP contribution in [0.15, 0.2) is 54.0 Å². The number of rotatable bonds is 9. The topological polar surface area (TPSA) is 82.6 Å². The second-order valence-electron chi connectivity index (χ2n) is 12.7. The molecule has 0 fully saturated rings. The van der Waals surface area contributed by atoms with Crippen LogP contribution in [0.1, 0.15) is 16.1 Å². The smallest absolute Gasteiger partial charge is 0.227 e. The molecule has 0 radical (unpaired) electrons. The maximum absolute atomic E-state index is 15.4. The van der Waals surface area contributed by atoms with Gasteiger partial charge in [-0.05, 0) is 5.53 Å². The van der Waals surface area contributed by atoms with Gasteiger partial charge in [0.25, 0.3) is 0 Å². The van der Waals surface area contributed by atoms with Gasteiger partial charge in [-0.25, -0.2) is 92.8 Å². The van der Waals surface area contributed by atoms with Crippen LogP contribution >= 0.6 is 0 Å². The van der Waals surface area contributed by atoms with Crippen molar-refractivity contribution in [3.63, 3.8) is 0 Å². The zero-order chi connectivity index (χ0) is 47.9. The van der Waals surface area contributed by atoms with Crippen molar-refractivity contribution in [1.82, 2.24) is 4.98 Å². The average Bonchev–Trinajstić information content (AvgIpc) is 3.28. The van der Waals surface area contributed by atoms with E-state index in [-0.39, 0.29) is 18.9 Å². The maximum Gasteiger partial charge on any atom is 0.227 e. The summed E-state index contributed by atoms with van der Waals surface area (Å²) in [6, 6.07) is 9.10. The first-order chi connectivity index (χ1) is 30.0. The molecule has 0 amide bonds. The summed E-state index contributed by atoms with van der Waals surface area (Å²) in [5.41, 5.74) is -4.77. The molecule has 0 saturated heterocycles. The summed E-state index contributed by atoms with van der Waals surface area (Å²) in [4.78, 5) is 18.8. The predicted molar refractivity (Wildman–Crippen MR) is 177 cm³/mol. The average molecular weight is 933 g/mol. The van der Waals surface area contributed by atoms with Crippen LogP contribution in [0.2, 0.25) is 0 Å². The molecule has 1 aromatic heterocycles. The Morgan fingerprint density at radius 2 is 0.797 bits per heavy atom. The van der Waals surface area contributed by atoms with Crippen LogP contribution < -0.4 is 26.4 Å². The molecule has 0 aliphatic carbocycles. The third-order valence-corrected chi connectivity index (χ3v) is 9.24. The quantitative estimate of drug-likeness (QED) is 0.0170. The van der Waals surface area contributed by atoms with Crippen molar-refractivity contribution in [2.24, 2.45) is 5.11 Å². The molecule has 0 spiro atoms. The molecule has 6 aromatic rings. The normalized spacial score (nSPS) is 11.3. The lowest BCUT2D eigenvalue weighted by atomic mass is 9.12. The molecule has 0 N–H and O–H groups in total. The van der Waals surface area contributed by atoms with Gasteiger partial charge in [0.1, 0.15) is 58.4 Å². The van der Waals surface area contributed by atoms with Crippen molar-refractivity contribution in [2.75, 3.05) is 0 Å². The maximum atomic E-state index is 15.4. The lowest BCUT2D eigenvalue weighted by Gasteiger charge is -2.44. The fourth-order valence-electron chi connectivity index (χ4n) is 6.52. The molecule has 0 bridgehead atoms. The van der Waals surface area contributed by atoms with Gasteiger partial charge in [-0.15, -0.1) is 21.9 Å². The number of carbonyl (C=O) groups excluding carboxylic acids is 1. The minimum absolute atomic E-state index is 0.0199. The second-order valence-corrected chi connectivity index (χ2v) is 12.7. The van der Waals surface area contributed by atoms with E-state index in [2.05, 4.69) is 15.0 Å². The van der Waals surface area contributed by atoms with Crippen LogP contribution in [0.3, 0.4) is 0 Å². The Morgan fingerprint density at radius 3 is 1.09 bits per heavy atom. The van der Waals surface area contributed by atoms with Crippen LogP contribution in [0.25, 0.3) is 10.4 Å². The molecule has 6 rings (SSSR count). The highest BCUT2D eigenvalue weighted by Gasteiger charge is 2.52. The van der Waals surface area contributed by atoms with E-state index in [0.717, 1.165) is 0 Å². The highest BCUT2D eigenvalue weighted by atomic mass is 19.2. The summed E-state index contributed by atoms with van der Waals surface area (Å²) in [6.45, 7) is 0.409. The van der Waals surface area contributed by atoms with E-state index in [1.165, 1.54) is 0 Å². The molecule has 6 nitrogen and oxygen atoms in total. The summed E-state index contributed by atoms with van der Waals surface area (Å²) in [6.07, 6.45) is -2.22. The van der Waals surface area contributed by atoms with Crippen LogP contribution in [0, 0.1) is 116 Å². The van der Waals surface area contributed by atoms with E-state index < -0.39 is 144 Å². The first-order valence-corrected chi connectivity index (χ1v) is 16.7. The van der Waals surface area contributed by atoms with Gasteiger partial charge < -0.3 is 0 Å². The Labute approximate surface area is 341 Å². The Hall–Kier alpha value is -7.18. The number of ketones is 1. The highest BCUT2D eigenvalue weighted by molar-refractivity contribution is 7.20. The first-order valence-electron chi connectivity index (χ1n) is 16.7. The summed E-state index contributed by atoms with van der Waals surface area (Å²) < 4.78 is 296. The van der Waals surface area contributed by atoms with Crippen molar-refractivity contribution in [1.29, 1.82) is 0 Å². The van der Waals surface area contributed by atoms with Crippen molar-refractivity contribution in [2.45, 2.75) is 13.1 Å². The van der Waals surface area contributed by atoms with Gasteiger partial charge in [-0.3, -0.25) is 4.79 Å². The van der Waals surface area contributed by atoms with Crippen molar-refractivity contribution < 1.29 is 97.2 Å². The third kappa shape index (κ3) is 7.79. The van der Waals surface area contributed by atoms with Gasteiger partial charge in [0, 0.05) is 10.5 Å². The number of carbonyl (C=O) groups is 1. The standard InChI is InChI=1S/C24BF20.C13H12N5O/c26-5-1(6(27)14(35)21(42)13(5)34)25(2-7(28)15(36)22(43)16(37)8(2)29,3-9(30)17(38)23(44)18(39)10(3)31)4-11(32)19(40)24(45)20(41)12(4)33;14-17-16-8-12-9-18(7-6-15-12)10-13(19)11-4-2-1-3-5-11/h;1-7,9H,8,10H2/q-1;+1. The number of aromatic nitrogens is 2. The number of nitrogens with zero attached hydrogens (tertiary/aromatic N) is 5. The SMILES string of the molecule is Fc1c(F)c(F)c([B-](c2c(F)c(F)c(F)c(F)c2F)(c2c(F)c(F)c(F)c(F)c2F)c2c(F)c(F)c(F)c(F)c2F)c(F)c1F.[N-]=[N+]=NCc1c[n+](CC(=O)c2ccccc2)ccn1. The number of halogens is 20. The Morgan fingerprint density at radius 1 is 0.500 bits per heavy atom. The molecule has 0 unspecified atom stereocenters. The minimum Gasteiger partial charge on any atom is -0.287 e. The summed E-state index contributed by atoms with van der Waals surface area (Å²) in [7, 11) is 0. The van der Waals surface area contributed by atoms with E-state index >= 15 is 35.1 Å². The van der Waals surface area contributed by atoms with Crippen LogP contribution in [-0.4, -0.2) is 16.9 Å². The fourth-order valence-corrected chi connectivity index (χ4v) is 6.52. The van der Waals surface area contributed by atoms with E-state index in [9.17, 15) is 57.5 Å². The van der Waals surface area contributed by atoms with Crippen molar-refractivity contribution >= 4 is 33.8 Å². The van der Waals surface area contributed by atoms with E-state index in [0.29, 0.717) is 11.3 Å². The molecule has 0 saturated carbocycles. The molecule has 1 heterocycles. The summed E-state index contributed by atoms with van der Waals surface area (Å²) in [5, 5.41) is 3.44. The van der Waals surface area contributed by atoms with Gasteiger partial charge in [-0.1, -0.05) is 35.4 Å². The first kappa shape index (κ1) is 47.9. The molecular formula is C37H12BF20N5O. The van der Waals surface area contributed by atoms with Crippen molar-refractivity contribution in [3.8, 4) is 0 Å². The number of Topliss-reactive ketones (excluding diaryl/α,β-unsaturated/α-hetero) is 1. The minimum atomic E-state index is -7.22. The zero-order valence-corrected chi connectivity index (χ0v) is 30.3. The van der Waals surface area contributed by atoms with Gasteiger partial charge in [0.2, 0.25) is 12.3 Å². The van der Waals surface area contributed by atoms with Crippen LogP contribution in [-0.2, 0) is 13.1 Å². The second kappa shape index (κ2) is 18.3. The van der Waals surface area contributed by atoms with Crippen molar-refractivity contribution in [3.05, 3.63) is 187 Å². The number of hydrogen-bond donors (Lipinski definition) is 0. The summed E-state index contributed by atoms with van der Waals surface area (Å²) in [5.74, 6) is -71.4. The Kier molecular flexibility index (Phi) is 13.7. The van der Waals surface area contributed by atoms with E-state index in [1.807, 2.05) is 18.2 Å². The molecule has 27 heteroatoms. The molecule has 0 atom stereocenters. The number of hydrogen-bond acceptors (Lipinski definition) is 3. The molecule has 5 aromatic carbocycles. The van der Waals surface area contributed by atoms with E-state index in [1.54, 1.807) is 35.3 Å². The van der Waals surface area contributed by atoms with Gasteiger partial charge in [-0.2, -0.15) is 4.57 Å². The molecule has 64 heavy (non-hydrogen) atoms. The lowest BCUT2D eigenvalue weighted by Crippen LogP contribution is -2.81.